The molecule has 2 heterocycles. The molecule has 0 bridgehead atoms. The predicted octanol–water partition coefficient (Wildman–Crippen LogP) is 4.39. The minimum Gasteiger partial charge on any atom is -0.494 e. The van der Waals surface area contributed by atoms with Crippen LogP contribution in [0.2, 0.25) is 0 Å². The lowest BCUT2D eigenvalue weighted by molar-refractivity contribution is 0.0705. The molecule has 7 heteroatoms. The SMILES string of the molecule is COc1c(-c2ccc(-c3ccc(CCNC4CC4)cc3)cc2)nc2ccncc2c1C(=O)NO. The number of nitrogens with zero attached hydrogens (tertiary/aromatic N) is 2. The maximum Gasteiger partial charge on any atom is 0.279 e. The van der Waals surface area contributed by atoms with E-state index in [1.807, 2.05) is 24.3 Å². The molecule has 0 aliphatic heterocycles. The summed E-state index contributed by atoms with van der Waals surface area (Å²) in [6.07, 6.45) is 6.79. The number of amides is 1. The number of pyridine rings is 2. The van der Waals surface area contributed by atoms with Gasteiger partial charge >= 0.3 is 0 Å². The molecule has 0 radical (unpaired) electrons. The third-order valence-electron chi connectivity index (χ3n) is 6.14. The maximum absolute atomic E-state index is 12.5. The zero-order valence-electron chi connectivity index (χ0n) is 18.9. The van der Waals surface area contributed by atoms with Crippen molar-refractivity contribution >= 4 is 16.8 Å². The first kappa shape index (κ1) is 22.0. The van der Waals surface area contributed by atoms with Crippen molar-refractivity contribution in [2.45, 2.75) is 25.3 Å². The number of methoxy groups -OCH3 is 1. The highest BCUT2D eigenvalue weighted by molar-refractivity contribution is 6.09. The highest BCUT2D eigenvalue weighted by Crippen LogP contribution is 2.36. The third-order valence-corrected chi connectivity index (χ3v) is 6.14. The van der Waals surface area contributed by atoms with Gasteiger partial charge < -0.3 is 10.1 Å². The molecule has 3 N–H and O–H groups in total. The van der Waals surface area contributed by atoms with Crippen molar-refractivity contribution in [3.8, 4) is 28.1 Å². The Kier molecular flexibility index (Phi) is 6.20. The molecule has 1 saturated carbocycles. The van der Waals surface area contributed by atoms with Crippen LogP contribution in [0.1, 0.15) is 28.8 Å². The first-order valence-electron chi connectivity index (χ1n) is 11.4. The molecule has 0 saturated heterocycles. The number of carbonyl (C=O) groups excluding carboxylic acids is 1. The number of benzene rings is 2. The van der Waals surface area contributed by atoms with Gasteiger partial charge in [0.15, 0.2) is 5.75 Å². The summed E-state index contributed by atoms with van der Waals surface area (Å²) in [5, 5.41) is 13.3. The van der Waals surface area contributed by atoms with Crippen molar-refractivity contribution < 1.29 is 14.7 Å². The Morgan fingerprint density at radius 1 is 1.03 bits per heavy atom. The van der Waals surface area contributed by atoms with E-state index in [4.69, 9.17) is 9.72 Å². The molecule has 5 rings (SSSR count). The van der Waals surface area contributed by atoms with Gasteiger partial charge in [-0.3, -0.25) is 15.0 Å². The fourth-order valence-corrected chi connectivity index (χ4v) is 4.16. The molecule has 7 nitrogen and oxygen atoms in total. The van der Waals surface area contributed by atoms with E-state index in [1.54, 1.807) is 17.7 Å². The van der Waals surface area contributed by atoms with Gasteiger partial charge in [0.25, 0.3) is 5.91 Å². The number of aromatic nitrogens is 2. The standard InChI is InChI=1S/C27H26N4O3/c1-34-26-24(27(32)31-33)22-16-28-14-13-23(22)30-25(26)20-8-6-19(7-9-20)18-4-2-17(3-5-18)12-15-29-21-10-11-21/h2-9,13-14,16,21,29,33H,10-12,15H2,1H3,(H,31,32). The van der Waals surface area contributed by atoms with Gasteiger partial charge in [-0.15, -0.1) is 0 Å². The zero-order valence-corrected chi connectivity index (χ0v) is 18.9. The van der Waals surface area contributed by atoms with E-state index >= 15 is 0 Å². The fraction of sp³-hybridized carbons (Fsp3) is 0.222. The Hall–Kier alpha value is -3.81. The predicted molar refractivity (Wildman–Crippen MR) is 131 cm³/mol. The lowest BCUT2D eigenvalue weighted by Crippen LogP contribution is -2.20. The summed E-state index contributed by atoms with van der Waals surface area (Å²) in [7, 11) is 1.48. The van der Waals surface area contributed by atoms with Gasteiger partial charge in [0.05, 0.1) is 18.2 Å². The van der Waals surface area contributed by atoms with E-state index in [0.717, 1.165) is 35.7 Å². The van der Waals surface area contributed by atoms with E-state index < -0.39 is 5.91 Å². The van der Waals surface area contributed by atoms with Crippen LogP contribution in [0.3, 0.4) is 0 Å². The van der Waals surface area contributed by atoms with Crippen LogP contribution in [-0.2, 0) is 6.42 Å². The van der Waals surface area contributed by atoms with E-state index in [-0.39, 0.29) is 11.3 Å². The zero-order chi connectivity index (χ0) is 23.5. The number of hydroxylamine groups is 1. The second kappa shape index (κ2) is 9.59. The highest BCUT2D eigenvalue weighted by Gasteiger charge is 2.23. The molecule has 172 valence electrons. The molecule has 0 spiro atoms. The van der Waals surface area contributed by atoms with Crippen molar-refractivity contribution in [1.29, 1.82) is 0 Å². The summed E-state index contributed by atoms with van der Waals surface area (Å²) in [4.78, 5) is 21.3. The van der Waals surface area contributed by atoms with Gasteiger partial charge in [0.2, 0.25) is 0 Å². The van der Waals surface area contributed by atoms with Crippen LogP contribution in [0.25, 0.3) is 33.3 Å². The molecule has 1 aliphatic carbocycles. The van der Waals surface area contributed by atoms with Crippen molar-refractivity contribution in [2.75, 3.05) is 13.7 Å². The summed E-state index contributed by atoms with van der Waals surface area (Å²) >= 11 is 0. The van der Waals surface area contributed by atoms with Crippen LogP contribution in [-0.4, -0.2) is 40.8 Å². The van der Waals surface area contributed by atoms with Crippen LogP contribution in [0.15, 0.2) is 67.0 Å². The third kappa shape index (κ3) is 4.48. The molecule has 4 aromatic rings. The van der Waals surface area contributed by atoms with E-state index in [1.165, 1.54) is 31.7 Å². The number of hydrogen-bond donors (Lipinski definition) is 3. The van der Waals surface area contributed by atoms with Crippen molar-refractivity contribution in [2.24, 2.45) is 0 Å². The number of fused-ring (bicyclic) bond motifs is 1. The number of nitrogens with one attached hydrogen (secondary N) is 2. The Balaban J connectivity index is 1.44. The highest BCUT2D eigenvalue weighted by atomic mass is 16.5. The normalized spacial score (nSPS) is 13.1. The van der Waals surface area contributed by atoms with Gasteiger partial charge in [0.1, 0.15) is 5.69 Å². The van der Waals surface area contributed by atoms with E-state index in [9.17, 15) is 10.0 Å². The van der Waals surface area contributed by atoms with Gasteiger partial charge in [-0.05, 0) is 48.6 Å². The molecule has 1 amide bonds. The van der Waals surface area contributed by atoms with Crippen LogP contribution >= 0.6 is 0 Å². The molecule has 1 fully saturated rings. The van der Waals surface area contributed by atoms with Gasteiger partial charge in [-0.2, -0.15) is 0 Å². The van der Waals surface area contributed by atoms with Crippen LogP contribution in [0.4, 0.5) is 0 Å². The lowest BCUT2D eigenvalue weighted by Gasteiger charge is -2.15. The number of rotatable bonds is 8. The topological polar surface area (TPSA) is 96.4 Å². The van der Waals surface area contributed by atoms with Crippen LogP contribution in [0.5, 0.6) is 5.75 Å². The molecule has 34 heavy (non-hydrogen) atoms. The maximum atomic E-state index is 12.5. The quantitative estimate of drug-likeness (QED) is 0.270. The largest absolute Gasteiger partial charge is 0.494 e. The summed E-state index contributed by atoms with van der Waals surface area (Å²) in [5.41, 5.74) is 7.34. The second-order valence-corrected chi connectivity index (χ2v) is 8.46. The molecule has 2 aromatic heterocycles. The van der Waals surface area contributed by atoms with E-state index in [2.05, 4.69) is 34.6 Å². The van der Waals surface area contributed by atoms with Crippen molar-refractivity contribution in [3.05, 3.63) is 78.1 Å². The lowest BCUT2D eigenvalue weighted by atomic mass is 9.99. The van der Waals surface area contributed by atoms with Crippen LogP contribution < -0.4 is 15.5 Å². The molecule has 1 aliphatic rings. The molecular weight excluding hydrogens is 428 g/mol. The summed E-state index contributed by atoms with van der Waals surface area (Å²) < 4.78 is 5.57. The molecule has 0 unspecified atom stereocenters. The minimum atomic E-state index is -0.678. The average molecular weight is 455 g/mol. The Morgan fingerprint density at radius 2 is 1.71 bits per heavy atom. The summed E-state index contributed by atoms with van der Waals surface area (Å²) in [6, 6.07) is 19.1. The fourth-order valence-electron chi connectivity index (χ4n) is 4.16. The van der Waals surface area contributed by atoms with Crippen molar-refractivity contribution in [3.63, 3.8) is 0 Å². The first-order chi connectivity index (χ1) is 16.7. The smallest absolute Gasteiger partial charge is 0.279 e. The molecule has 0 atom stereocenters. The number of ether oxygens (including phenoxy) is 1. The van der Waals surface area contributed by atoms with Gasteiger partial charge in [0, 0.05) is 29.4 Å². The summed E-state index contributed by atoms with van der Waals surface area (Å²) in [5.74, 6) is -0.397. The monoisotopic (exact) mass is 454 g/mol. The minimum absolute atomic E-state index is 0.189. The van der Waals surface area contributed by atoms with E-state index in [0.29, 0.717) is 16.6 Å². The first-order valence-corrected chi connectivity index (χ1v) is 11.4. The number of hydrogen-bond acceptors (Lipinski definition) is 6. The molecular formula is C27H26N4O3. The van der Waals surface area contributed by atoms with Crippen molar-refractivity contribution in [1.82, 2.24) is 20.8 Å². The Bertz CT molecular complexity index is 1320. The average Bonchev–Trinajstić information content (AvgIpc) is 3.72. The number of carbonyl (C=O) groups is 1. The Morgan fingerprint density at radius 3 is 2.35 bits per heavy atom. The molecule has 2 aromatic carbocycles. The van der Waals surface area contributed by atoms with Gasteiger partial charge in [-0.25, -0.2) is 10.5 Å². The Labute approximate surface area is 197 Å². The summed E-state index contributed by atoms with van der Waals surface area (Å²) in [6.45, 7) is 1.02. The second-order valence-electron chi connectivity index (χ2n) is 8.46. The van der Waals surface area contributed by atoms with Crippen LogP contribution in [0, 0.1) is 0 Å². The van der Waals surface area contributed by atoms with Gasteiger partial charge in [-0.1, -0.05) is 48.5 Å².